The highest BCUT2D eigenvalue weighted by molar-refractivity contribution is 7.90. The van der Waals surface area contributed by atoms with Gasteiger partial charge in [-0.1, -0.05) is 6.07 Å². The molecule has 2 aromatic carbocycles. The molecule has 22 heavy (non-hydrogen) atoms. The molecule has 0 radical (unpaired) electrons. The lowest BCUT2D eigenvalue weighted by Gasteiger charge is -2.14. The molecule has 0 aliphatic rings. The molecule has 0 aliphatic heterocycles. The summed E-state index contributed by atoms with van der Waals surface area (Å²) in [6.07, 6.45) is -0.319. The van der Waals surface area contributed by atoms with Crippen molar-refractivity contribution in [3.8, 4) is 5.75 Å². The Balaban J connectivity index is 2.11. The van der Waals surface area contributed by atoms with E-state index in [0.29, 0.717) is 0 Å². The molecule has 0 spiro atoms. The van der Waals surface area contributed by atoms with Crippen LogP contribution in [0, 0.1) is 11.6 Å². The summed E-state index contributed by atoms with van der Waals surface area (Å²) in [5.74, 6) is -1.21. The Morgan fingerprint density at radius 1 is 1.18 bits per heavy atom. The molecule has 7 heteroatoms. The maximum absolute atomic E-state index is 13.5. The van der Waals surface area contributed by atoms with E-state index in [-0.39, 0.29) is 22.8 Å². The van der Waals surface area contributed by atoms with Gasteiger partial charge in [0, 0.05) is 11.8 Å². The van der Waals surface area contributed by atoms with Crippen molar-refractivity contribution in [2.75, 3.05) is 12.9 Å². The van der Waals surface area contributed by atoms with Gasteiger partial charge in [-0.15, -0.1) is 0 Å². The summed E-state index contributed by atoms with van der Waals surface area (Å²) in [5.41, 5.74) is -0.223. The first-order valence-corrected chi connectivity index (χ1v) is 8.22. The van der Waals surface area contributed by atoms with E-state index in [1.165, 1.54) is 24.3 Å². The number of hydrogen-bond acceptors (Lipinski definition) is 4. The molecule has 0 fully saturated rings. The van der Waals surface area contributed by atoms with Crippen LogP contribution >= 0.6 is 0 Å². The molecule has 0 saturated carbocycles. The van der Waals surface area contributed by atoms with Gasteiger partial charge in [-0.3, -0.25) is 0 Å². The highest BCUT2D eigenvalue weighted by Crippen LogP contribution is 2.22. The van der Waals surface area contributed by atoms with Gasteiger partial charge in [-0.25, -0.2) is 17.2 Å². The molecular weight excluding hydrogens is 314 g/mol. The zero-order chi connectivity index (χ0) is 16.3. The first kappa shape index (κ1) is 16.4. The van der Waals surface area contributed by atoms with Crippen molar-refractivity contribution in [1.82, 2.24) is 0 Å². The lowest BCUT2D eigenvalue weighted by atomic mass is 10.1. The quantitative estimate of drug-likeness (QED) is 0.916. The van der Waals surface area contributed by atoms with E-state index in [1.54, 1.807) is 0 Å². The zero-order valence-corrected chi connectivity index (χ0v) is 12.5. The van der Waals surface area contributed by atoms with Crippen LogP contribution in [0.15, 0.2) is 47.4 Å². The summed E-state index contributed by atoms with van der Waals surface area (Å²) in [5, 5.41) is 9.87. The maximum Gasteiger partial charge on any atom is 0.175 e. The normalized spacial score (nSPS) is 12.9. The van der Waals surface area contributed by atoms with E-state index < -0.39 is 27.6 Å². The van der Waals surface area contributed by atoms with Gasteiger partial charge in [0.25, 0.3) is 0 Å². The summed E-state index contributed by atoms with van der Waals surface area (Å²) in [6.45, 7) is -0.340. The fraction of sp³-hybridized carbons (Fsp3) is 0.200. The zero-order valence-electron chi connectivity index (χ0n) is 11.7. The molecule has 0 amide bonds. The second kappa shape index (κ2) is 6.41. The van der Waals surface area contributed by atoms with Gasteiger partial charge in [-0.2, -0.15) is 0 Å². The predicted octanol–water partition coefficient (Wildman–Crippen LogP) is 2.48. The van der Waals surface area contributed by atoms with Crippen molar-refractivity contribution in [3.05, 3.63) is 59.7 Å². The van der Waals surface area contributed by atoms with Crippen molar-refractivity contribution < 1.29 is 27.0 Å². The molecule has 1 atom stereocenters. The molecule has 0 saturated heterocycles. The molecule has 0 heterocycles. The first-order valence-electron chi connectivity index (χ1n) is 6.33. The highest BCUT2D eigenvalue weighted by Gasteiger charge is 2.15. The number of aliphatic hydroxyl groups excluding tert-OH is 1. The largest absolute Gasteiger partial charge is 0.490 e. The predicted molar refractivity (Wildman–Crippen MR) is 76.4 cm³/mol. The number of sulfone groups is 1. The Kier molecular flexibility index (Phi) is 4.77. The average Bonchev–Trinajstić information content (AvgIpc) is 2.47. The van der Waals surface area contributed by atoms with Crippen molar-refractivity contribution in [1.29, 1.82) is 0 Å². The van der Waals surface area contributed by atoms with E-state index >= 15 is 0 Å². The summed E-state index contributed by atoms with van der Waals surface area (Å²) in [7, 11) is -3.38. The van der Waals surface area contributed by atoms with E-state index in [4.69, 9.17) is 4.74 Å². The van der Waals surface area contributed by atoms with Gasteiger partial charge >= 0.3 is 0 Å². The fourth-order valence-electron chi connectivity index (χ4n) is 1.83. The van der Waals surface area contributed by atoms with Crippen LogP contribution in [0.3, 0.4) is 0 Å². The SMILES string of the molecule is CS(=O)(=O)c1cccc(OCC(O)c2cc(F)ccc2F)c1. The minimum Gasteiger partial charge on any atom is -0.490 e. The van der Waals surface area contributed by atoms with Gasteiger partial charge in [0.2, 0.25) is 0 Å². The van der Waals surface area contributed by atoms with Gasteiger partial charge in [0.1, 0.15) is 30.1 Å². The molecule has 1 N–H and O–H groups in total. The topological polar surface area (TPSA) is 63.6 Å². The van der Waals surface area contributed by atoms with Crippen LogP contribution in [0.5, 0.6) is 5.75 Å². The van der Waals surface area contributed by atoms with Gasteiger partial charge in [0.05, 0.1) is 4.90 Å². The van der Waals surface area contributed by atoms with E-state index in [0.717, 1.165) is 24.5 Å². The molecule has 118 valence electrons. The molecule has 0 aliphatic carbocycles. The molecule has 1 unspecified atom stereocenters. The minimum absolute atomic E-state index is 0.0661. The lowest BCUT2D eigenvalue weighted by molar-refractivity contribution is 0.104. The number of rotatable bonds is 5. The van der Waals surface area contributed by atoms with Crippen molar-refractivity contribution >= 4 is 9.84 Å². The first-order chi connectivity index (χ1) is 10.3. The number of aliphatic hydroxyl groups is 1. The number of ether oxygens (including phenoxy) is 1. The van der Waals surface area contributed by atoms with E-state index in [1.807, 2.05) is 0 Å². The van der Waals surface area contributed by atoms with Crippen molar-refractivity contribution in [3.63, 3.8) is 0 Å². The van der Waals surface area contributed by atoms with Crippen molar-refractivity contribution in [2.45, 2.75) is 11.0 Å². The second-order valence-corrected chi connectivity index (χ2v) is 6.76. The summed E-state index contributed by atoms with van der Waals surface area (Å²) in [6, 6.07) is 8.44. The van der Waals surface area contributed by atoms with Crippen LogP contribution in [0.1, 0.15) is 11.7 Å². The maximum atomic E-state index is 13.5. The third kappa shape index (κ3) is 4.02. The Hall–Kier alpha value is -1.99. The Morgan fingerprint density at radius 3 is 2.59 bits per heavy atom. The number of hydrogen-bond donors (Lipinski definition) is 1. The van der Waals surface area contributed by atoms with Crippen LogP contribution in [-0.4, -0.2) is 26.4 Å². The molecule has 2 aromatic rings. The smallest absolute Gasteiger partial charge is 0.175 e. The van der Waals surface area contributed by atoms with Crippen LogP contribution in [-0.2, 0) is 9.84 Å². The summed E-state index contributed by atoms with van der Waals surface area (Å²) < 4.78 is 54.7. The van der Waals surface area contributed by atoms with Crippen molar-refractivity contribution in [2.24, 2.45) is 0 Å². The highest BCUT2D eigenvalue weighted by atomic mass is 32.2. The standard InChI is InChI=1S/C15H14F2O4S/c1-22(19,20)12-4-2-3-11(8-12)21-9-15(18)13-7-10(16)5-6-14(13)17/h2-8,15,18H,9H2,1H3. The average molecular weight is 328 g/mol. The number of benzene rings is 2. The van der Waals surface area contributed by atoms with E-state index in [9.17, 15) is 22.3 Å². The molecule has 4 nitrogen and oxygen atoms in total. The third-order valence-corrected chi connectivity index (χ3v) is 4.07. The van der Waals surface area contributed by atoms with Crippen LogP contribution in [0.2, 0.25) is 0 Å². The lowest BCUT2D eigenvalue weighted by Crippen LogP contribution is -2.12. The fourth-order valence-corrected chi connectivity index (χ4v) is 2.49. The third-order valence-electron chi connectivity index (χ3n) is 2.96. The molecule has 2 rings (SSSR count). The summed E-state index contributed by atoms with van der Waals surface area (Å²) in [4.78, 5) is 0.0661. The van der Waals surface area contributed by atoms with Crippen LogP contribution < -0.4 is 4.74 Å². The second-order valence-electron chi connectivity index (χ2n) is 4.74. The molecular formula is C15H14F2O4S. The van der Waals surface area contributed by atoms with Crippen LogP contribution in [0.4, 0.5) is 8.78 Å². The van der Waals surface area contributed by atoms with E-state index in [2.05, 4.69) is 0 Å². The van der Waals surface area contributed by atoms with Gasteiger partial charge in [-0.05, 0) is 36.4 Å². The Bertz CT molecular complexity index is 775. The van der Waals surface area contributed by atoms with Gasteiger partial charge in [0.15, 0.2) is 9.84 Å². The minimum atomic E-state index is -3.38. The summed E-state index contributed by atoms with van der Waals surface area (Å²) >= 11 is 0. The Labute approximate surface area is 126 Å². The molecule has 0 aromatic heterocycles. The monoisotopic (exact) mass is 328 g/mol. The van der Waals surface area contributed by atoms with Gasteiger partial charge < -0.3 is 9.84 Å². The Morgan fingerprint density at radius 2 is 1.91 bits per heavy atom. The molecule has 0 bridgehead atoms. The number of halogens is 2. The van der Waals surface area contributed by atoms with Crippen LogP contribution in [0.25, 0.3) is 0 Å².